The highest BCUT2D eigenvalue weighted by Gasteiger charge is 2.39. The third-order valence-electron chi connectivity index (χ3n) is 6.60. The number of para-hydroxylation sites is 1. The van der Waals surface area contributed by atoms with Crippen LogP contribution in [0.4, 0.5) is 4.39 Å². The summed E-state index contributed by atoms with van der Waals surface area (Å²) in [5.41, 5.74) is 2.30. The first-order valence-electron chi connectivity index (χ1n) is 11.5. The molecule has 0 radical (unpaired) electrons. The van der Waals surface area contributed by atoms with Crippen molar-refractivity contribution in [2.45, 2.75) is 57.1 Å². The zero-order valence-electron chi connectivity index (χ0n) is 18.7. The van der Waals surface area contributed by atoms with Gasteiger partial charge in [-0.15, -0.1) is 0 Å². The Morgan fingerprint density at radius 1 is 1.18 bits per heavy atom. The van der Waals surface area contributed by atoms with Crippen LogP contribution in [0, 0.1) is 5.82 Å². The fraction of sp³-hybridized carbons (Fsp3) is 0.440. The lowest BCUT2D eigenvalue weighted by Crippen LogP contribution is -2.60. The number of piperidine rings is 1. The maximum Gasteiger partial charge on any atom is 0.272 e. The van der Waals surface area contributed by atoms with Crippen molar-refractivity contribution in [3.8, 4) is 0 Å². The Balaban J connectivity index is 1.30. The van der Waals surface area contributed by atoms with Crippen LogP contribution < -0.4 is 5.32 Å². The number of morpholine rings is 1. The van der Waals surface area contributed by atoms with Gasteiger partial charge in [-0.3, -0.25) is 14.4 Å². The van der Waals surface area contributed by atoms with E-state index in [0.717, 1.165) is 35.9 Å². The van der Waals surface area contributed by atoms with Crippen molar-refractivity contribution in [2.24, 2.45) is 0 Å². The zero-order chi connectivity index (χ0) is 22.9. The summed E-state index contributed by atoms with van der Waals surface area (Å²) in [7, 11) is 0. The van der Waals surface area contributed by atoms with Crippen molar-refractivity contribution in [1.82, 2.24) is 20.0 Å². The Labute approximate surface area is 192 Å². The van der Waals surface area contributed by atoms with Crippen molar-refractivity contribution in [3.05, 3.63) is 65.6 Å². The maximum absolute atomic E-state index is 13.3. The van der Waals surface area contributed by atoms with Crippen LogP contribution in [0.2, 0.25) is 0 Å². The van der Waals surface area contributed by atoms with E-state index < -0.39 is 6.10 Å². The molecule has 2 fully saturated rings. The largest absolute Gasteiger partial charge is 0.391 e. The van der Waals surface area contributed by atoms with E-state index in [0.29, 0.717) is 25.5 Å². The number of fused-ring (bicyclic) bond motifs is 3. The third kappa shape index (κ3) is 4.64. The fourth-order valence-corrected chi connectivity index (χ4v) is 5.10. The predicted molar refractivity (Wildman–Crippen MR) is 122 cm³/mol. The number of benzene rings is 2. The molecule has 5 rings (SSSR count). The van der Waals surface area contributed by atoms with Crippen LogP contribution >= 0.6 is 0 Å². The molecule has 3 aromatic rings. The molecule has 4 atom stereocenters. The van der Waals surface area contributed by atoms with E-state index in [-0.39, 0.29) is 29.8 Å². The van der Waals surface area contributed by atoms with Crippen LogP contribution in [0.5, 0.6) is 0 Å². The highest BCUT2D eigenvalue weighted by Crippen LogP contribution is 2.30. The minimum absolute atomic E-state index is 0.0292. The second-order valence-corrected chi connectivity index (χ2v) is 9.18. The highest BCUT2D eigenvalue weighted by molar-refractivity contribution is 6.05. The SMILES string of the molecule is CC(O)Cn1nc(C(=O)NC2C[C@H]3COC[C@@H](C2)N3Cc2ccc(F)cc2)c2ccccc21. The summed E-state index contributed by atoms with van der Waals surface area (Å²) in [6.07, 6.45) is 1.01. The van der Waals surface area contributed by atoms with Gasteiger partial charge in [-0.1, -0.05) is 30.3 Å². The number of halogens is 1. The van der Waals surface area contributed by atoms with Gasteiger partial charge in [0.15, 0.2) is 5.69 Å². The molecule has 1 amide bonds. The Morgan fingerprint density at radius 3 is 2.58 bits per heavy atom. The smallest absolute Gasteiger partial charge is 0.272 e. The lowest BCUT2D eigenvalue weighted by atomic mass is 9.89. The molecule has 2 aromatic carbocycles. The summed E-state index contributed by atoms with van der Waals surface area (Å²) in [6, 6.07) is 14.7. The van der Waals surface area contributed by atoms with Gasteiger partial charge in [0, 0.05) is 30.1 Å². The fourth-order valence-electron chi connectivity index (χ4n) is 5.10. The molecule has 2 N–H and O–H groups in total. The summed E-state index contributed by atoms with van der Waals surface area (Å²) in [5.74, 6) is -0.418. The topological polar surface area (TPSA) is 79.6 Å². The number of rotatable bonds is 6. The van der Waals surface area contributed by atoms with Crippen molar-refractivity contribution in [1.29, 1.82) is 0 Å². The molecular weight excluding hydrogens is 423 g/mol. The van der Waals surface area contributed by atoms with Gasteiger partial charge in [-0.2, -0.15) is 5.10 Å². The quantitative estimate of drug-likeness (QED) is 0.601. The first-order valence-corrected chi connectivity index (χ1v) is 11.5. The number of aromatic nitrogens is 2. The van der Waals surface area contributed by atoms with Crippen LogP contribution in [0.1, 0.15) is 35.8 Å². The standard InChI is InChI=1S/C25H29FN4O3/c1-16(31)12-30-23-5-3-2-4-22(23)24(28-30)25(32)27-19-10-20-14-33-15-21(11-19)29(20)13-17-6-8-18(26)9-7-17/h2-9,16,19-21,31H,10-15H2,1H3,(H,27,32)/t16?,19?,20-,21+. The van der Waals surface area contributed by atoms with E-state index in [1.54, 1.807) is 11.6 Å². The number of aliphatic hydroxyl groups excluding tert-OH is 1. The van der Waals surface area contributed by atoms with Crippen LogP contribution in [-0.2, 0) is 17.8 Å². The first kappa shape index (κ1) is 22.0. The van der Waals surface area contributed by atoms with Gasteiger partial charge in [-0.25, -0.2) is 4.39 Å². The van der Waals surface area contributed by atoms with Crippen molar-refractivity contribution in [3.63, 3.8) is 0 Å². The molecule has 2 bridgehead atoms. The van der Waals surface area contributed by atoms with Crippen molar-refractivity contribution >= 4 is 16.8 Å². The molecule has 2 unspecified atom stereocenters. The van der Waals surface area contributed by atoms with Crippen molar-refractivity contribution in [2.75, 3.05) is 13.2 Å². The number of amides is 1. The van der Waals surface area contributed by atoms with E-state index in [1.165, 1.54) is 12.1 Å². The number of carbonyl (C=O) groups excluding carboxylic acids is 1. The predicted octanol–water partition coefficient (Wildman–Crippen LogP) is 2.72. The second-order valence-electron chi connectivity index (χ2n) is 9.18. The number of ether oxygens (including phenoxy) is 1. The molecular formula is C25H29FN4O3. The molecule has 0 saturated carbocycles. The van der Waals surface area contributed by atoms with Gasteiger partial charge >= 0.3 is 0 Å². The highest BCUT2D eigenvalue weighted by atomic mass is 19.1. The molecule has 7 nitrogen and oxygen atoms in total. The van der Waals surface area contributed by atoms with Crippen LogP contribution in [0.3, 0.4) is 0 Å². The summed E-state index contributed by atoms with van der Waals surface area (Å²) in [5, 5.41) is 18.3. The maximum atomic E-state index is 13.3. The van der Waals surface area contributed by atoms with E-state index in [9.17, 15) is 14.3 Å². The number of nitrogens with one attached hydrogen (secondary N) is 1. The number of carbonyl (C=O) groups is 1. The molecule has 0 spiro atoms. The van der Waals surface area contributed by atoms with Gasteiger partial charge in [0.05, 0.1) is 31.4 Å². The van der Waals surface area contributed by atoms with Gasteiger partial charge < -0.3 is 15.2 Å². The zero-order valence-corrected chi connectivity index (χ0v) is 18.7. The van der Waals surface area contributed by atoms with Gasteiger partial charge in [0.1, 0.15) is 5.82 Å². The molecule has 174 valence electrons. The van der Waals surface area contributed by atoms with Crippen LogP contribution in [0.15, 0.2) is 48.5 Å². The number of aliphatic hydroxyl groups is 1. The number of hydrogen-bond donors (Lipinski definition) is 2. The Kier molecular flexibility index (Phi) is 6.14. The lowest BCUT2D eigenvalue weighted by molar-refractivity contribution is -0.0843. The lowest BCUT2D eigenvalue weighted by Gasteiger charge is -2.48. The van der Waals surface area contributed by atoms with E-state index in [2.05, 4.69) is 15.3 Å². The molecule has 2 saturated heterocycles. The Morgan fingerprint density at radius 2 is 1.88 bits per heavy atom. The summed E-state index contributed by atoms with van der Waals surface area (Å²) < 4.78 is 20.8. The van der Waals surface area contributed by atoms with Gasteiger partial charge in [-0.05, 0) is 43.5 Å². The third-order valence-corrected chi connectivity index (χ3v) is 6.60. The monoisotopic (exact) mass is 452 g/mol. The van der Waals surface area contributed by atoms with E-state index in [1.807, 2.05) is 36.4 Å². The average Bonchev–Trinajstić information content (AvgIpc) is 3.14. The molecule has 3 heterocycles. The normalized spacial score (nSPS) is 24.0. The Hall–Kier alpha value is -2.81. The van der Waals surface area contributed by atoms with Crippen LogP contribution in [-0.4, -0.2) is 63.1 Å². The van der Waals surface area contributed by atoms with Crippen molar-refractivity contribution < 1.29 is 19.0 Å². The average molecular weight is 453 g/mol. The summed E-state index contributed by atoms with van der Waals surface area (Å²) >= 11 is 0. The van der Waals surface area contributed by atoms with E-state index in [4.69, 9.17) is 4.74 Å². The minimum Gasteiger partial charge on any atom is -0.391 e. The molecule has 2 aliphatic rings. The first-order chi connectivity index (χ1) is 16.0. The molecule has 33 heavy (non-hydrogen) atoms. The van der Waals surface area contributed by atoms with Crippen LogP contribution in [0.25, 0.3) is 10.9 Å². The number of nitrogens with zero attached hydrogens (tertiary/aromatic N) is 3. The summed E-state index contributed by atoms with van der Waals surface area (Å²) in [6.45, 7) is 4.02. The van der Waals surface area contributed by atoms with Gasteiger partial charge in [0.25, 0.3) is 5.91 Å². The van der Waals surface area contributed by atoms with E-state index >= 15 is 0 Å². The minimum atomic E-state index is -0.561. The molecule has 2 aliphatic heterocycles. The molecule has 1 aromatic heterocycles. The Bertz CT molecular complexity index is 1120. The van der Waals surface area contributed by atoms with Gasteiger partial charge in [0.2, 0.25) is 0 Å². The molecule has 0 aliphatic carbocycles. The molecule has 8 heteroatoms. The second kappa shape index (κ2) is 9.21. The summed E-state index contributed by atoms with van der Waals surface area (Å²) in [4.78, 5) is 15.6. The number of hydrogen-bond acceptors (Lipinski definition) is 5.